The maximum absolute atomic E-state index is 11.5. The van der Waals surface area contributed by atoms with E-state index in [1.54, 1.807) is 12.1 Å². The third-order valence-corrected chi connectivity index (χ3v) is 2.68. The van der Waals surface area contributed by atoms with Crippen LogP contribution in [0, 0.1) is 10.1 Å². The van der Waals surface area contributed by atoms with E-state index in [1.165, 1.54) is 17.0 Å². The molecular formula is C11H12N2O5. The summed E-state index contributed by atoms with van der Waals surface area (Å²) in [5.41, 5.74) is 0.773. The second-order valence-corrected chi connectivity index (χ2v) is 3.91. The van der Waals surface area contributed by atoms with Gasteiger partial charge in [-0.15, -0.1) is 0 Å². The van der Waals surface area contributed by atoms with Crippen molar-refractivity contribution in [3.8, 4) is 0 Å². The molecule has 7 heteroatoms. The average molecular weight is 252 g/mol. The van der Waals surface area contributed by atoms with E-state index in [-0.39, 0.29) is 12.3 Å². The van der Waals surface area contributed by atoms with E-state index >= 15 is 0 Å². The zero-order chi connectivity index (χ0) is 13.1. The van der Waals surface area contributed by atoms with Crippen molar-refractivity contribution < 1.29 is 19.6 Å². The normalized spacial score (nSPS) is 19.9. The summed E-state index contributed by atoms with van der Waals surface area (Å²) in [5, 5.41) is 19.7. The Kier molecular flexibility index (Phi) is 3.54. The molecule has 2 rings (SSSR count). The van der Waals surface area contributed by atoms with Crippen molar-refractivity contribution in [2.45, 2.75) is 12.8 Å². The summed E-state index contributed by atoms with van der Waals surface area (Å²) in [6, 6.07) is 5.95. The summed E-state index contributed by atoms with van der Waals surface area (Å²) in [6.07, 6.45) is -1.41. The van der Waals surface area contributed by atoms with E-state index in [0.29, 0.717) is 13.1 Å². The number of amides is 1. The third-order valence-electron chi connectivity index (χ3n) is 2.68. The van der Waals surface area contributed by atoms with Crippen LogP contribution in [-0.4, -0.2) is 40.3 Å². The minimum absolute atomic E-state index is 0.00656. The lowest BCUT2D eigenvalue weighted by Crippen LogP contribution is -2.47. The van der Waals surface area contributed by atoms with Crippen molar-refractivity contribution >= 4 is 11.6 Å². The van der Waals surface area contributed by atoms with Gasteiger partial charge in [0, 0.05) is 25.2 Å². The molecule has 1 atom stereocenters. The molecule has 0 saturated carbocycles. The number of morpholine rings is 1. The number of non-ortho nitro benzene ring substituents is 1. The largest absolute Gasteiger partial charge is 0.361 e. The van der Waals surface area contributed by atoms with Crippen LogP contribution in [0.25, 0.3) is 0 Å². The molecule has 1 aliphatic heterocycles. The van der Waals surface area contributed by atoms with Crippen molar-refractivity contribution in [1.82, 2.24) is 4.90 Å². The molecule has 1 unspecified atom stereocenters. The lowest BCUT2D eigenvalue weighted by Gasteiger charge is -2.29. The third kappa shape index (κ3) is 2.63. The van der Waals surface area contributed by atoms with Crippen molar-refractivity contribution in [3.63, 3.8) is 0 Å². The van der Waals surface area contributed by atoms with Crippen molar-refractivity contribution in [3.05, 3.63) is 39.9 Å². The molecule has 1 amide bonds. The van der Waals surface area contributed by atoms with Crippen LogP contribution in [-0.2, 0) is 16.1 Å². The fraction of sp³-hybridized carbons (Fsp3) is 0.364. The van der Waals surface area contributed by atoms with Crippen LogP contribution in [0.1, 0.15) is 5.56 Å². The number of benzene rings is 1. The lowest BCUT2D eigenvalue weighted by atomic mass is 10.2. The highest BCUT2D eigenvalue weighted by Crippen LogP contribution is 2.15. The van der Waals surface area contributed by atoms with Gasteiger partial charge in [0.05, 0.1) is 11.5 Å². The topological polar surface area (TPSA) is 92.9 Å². The summed E-state index contributed by atoms with van der Waals surface area (Å²) >= 11 is 0. The smallest absolute Gasteiger partial charge is 0.279 e. The molecule has 1 N–H and O–H groups in total. The van der Waals surface area contributed by atoms with Gasteiger partial charge < -0.3 is 14.7 Å². The number of aliphatic hydroxyl groups excluding tert-OH is 1. The summed E-state index contributed by atoms with van der Waals surface area (Å²) in [5.74, 6) is -0.486. The maximum Gasteiger partial charge on any atom is 0.279 e. The van der Waals surface area contributed by atoms with Crippen LogP contribution in [0.2, 0.25) is 0 Å². The van der Waals surface area contributed by atoms with Gasteiger partial charge in [-0.3, -0.25) is 14.9 Å². The zero-order valence-electron chi connectivity index (χ0n) is 9.48. The number of carbonyl (C=O) groups is 1. The first-order chi connectivity index (χ1) is 8.58. The number of hydrogen-bond acceptors (Lipinski definition) is 5. The number of rotatable bonds is 3. The van der Waals surface area contributed by atoms with Crippen LogP contribution in [0.4, 0.5) is 5.69 Å². The summed E-state index contributed by atoms with van der Waals surface area (Å²) in [6.45, 7) is 0.976. The van der Waals surface area contributed by atoms with Crippen LogP contribution < -0.4 is 0 Å². The monoisotopic (exact) mass is 252 g/mol. The standard InChI is InChI=1S/C11H12N2O5/c14-10-11(15)18-6-5-12(10)7-8-1-3-9(4-2-8)13(16)17/h1-4,11,15H,5-7H2. The van der Waals surface area contributed by atoms with Crippen LogP contribution in [0.15, 0.2) is 24.3 Å². The van der Waals surface area contributed by atoms with Gasteiger partial charge in [0.2, 0.25) is 6.29 Å². The highest BCUT2D eigenvalue weighted by molar-refractivity contribution is 5.79. The maximum atomic E-state index is 11.5. The molecular weight excluding hydrogens is 240 g/mol. The Bertz CT molecular complexity index is 459. The SMILES string of the molecule is O=C1C(O)OCCN1Cc1ccc([N+](=O)[O-])cc1. The highest BCUT2D eigenvalue weighted by atomic mass is 16.6. The fourth-order valence-corrected chi connectivity index (χ4v) is 1.71. The molecule has 7 nitrogen and oxygen atoms in total. The van der Waals surface area contributed by atoms with Gasteiger partial charge in [-0.05, 0) is 5.56 Å². The second kappa shape index (κ2) is 5.11. The lowest BCUT2D eigenvalue weighted by molar-refractivity contribution is -0.384. The molecule has 0 spiro atoms. The number of ether oxygens (including phenoxy) is 1. The number of nitrogens with zero attached hydrogens (tertiary/aromatic N) is 2. The number of carbonyl (C=O) groups excluding carboxylic acids is 1. The van der Waals surface area contributed by atoms with Crippen molar-refractivity contribution in [2.75, 3.05) is 13.2 Å². The number of nitro benzene ring substituents is 1. The van der Waals surface area contributed by atoms with Gasteiger partial charge in [-0.25, -0.2) is 0 Å². The predicted molar refractivity (Wildman–Crippen MR) is 60.5 cm³/mol. The van der Waals surface area contributed by atoms with E-state index in [0.717, 1.165) is 5.56 Å². The first kappa shape index (κ1) is 12.5. The molecule has 0 aromatic heterocycles. The molecule has 0 bridgehead atoms. The molecule has 1 saturated heterocycles. The Labute approximate surface area is 103 Å². The fourth-order valence-electron chi connectivity index (χ4n) is 1.71. The quantitative estimate of drug-likeness (QED) is 0.615. The Morgan fingerprint density at radius 2 is 2.11 bits per heavy atom. The first-order valence-corrected chi connectivity index (χ1v) is 5.40. The van der Waals surface area contributed by atoms with Gasteiger partial charge in [-0.2, -0.15) is 0 Å². The molecule has 0 aliphatic carbocycles. The predicted octanol–water partition coefficient (Wildman–Crippen LogP) is 0.272. The minimum Gasteiger partial charge on any atom is -0.361 e. The number of nitro groups is 1. The first-order valence-electron chi connectivity index (χ1n) is 5.40. The van der Waals surface area contributed by atoms with E-state index in [9.17, 15) is 20.0 Å². The van der Waals surface area contributed by atoms with Crippen LogP contribution in [0.3, 0.4) is 0 Å². The van der Waals surface area contributed by atoms with E-state index in [2.05, 4.69) is 0 Å². The number of hydrogen-bond donors (Lipinski definition) is 1. The summed E-state index contributed by atoms with van der Waals surface area (Å²) in [4.78, 5) is 23.0. The molecule has 1 aromatic rings. The van der Waals surface area contributed by atoms with Crippen molar-refractivity contribution in [1.29, 1.82) is 0 Å². The summed E-state index contributed by atoms with van der Waals surface area (Å²) < 4.78 is 4.78. The van der Waals surface area contributed by atoms with E-state index < -0.39 is 17.1 Å². The molecule has 1 aliphatic rings. The molecule has 0 radical (unpaired) electrons. The van der Waals surface area contributed by atoms with Crippen molar-refractivity contribution in [2.24, 2.45) is 0 Å². The van der Waals surface area contributed by atoms with Crippen LogP contribution >= 0.6 is 0 Å². The molecule has 1 heterocycles. The number of aliphatic hydroxyl groups is 1. The van der Waals surface area contributed by atoms with E-state index in [4.69, 9.17) is 4.74 Å². The highest BCUT2D eigenvalue weighted by Gasteiger charge is 2.27. The minimum atomic E-state index is -1.41. The Morgan fingerprint density at radius 3 is 2.72 bits per heavy atom. The second-order valence-electron chi connectivity index (χ2n) is 3.91. The molecule has 96 valence electrons. The van der Waals surface area contributed by atoms with Crippen LogP contribution in [0.5, 0.6) is 0 Å². The van der Waals surface area contributed by atoms with Gasteiger partial charge in [0.15, 0.2) is 0 Å². The Hall–Kier alpha value is -1.99. The Balaban J connectivity index is 2.04. The van der Waals surface area contributed by atoms with E-state index in [1.807, 2.05) is 0 Å². The molecule has 1 fully saturated rings. The average Bonchev–Trinajstić information content (AvgIpc) is 2.36. The van der Waals surface area contributed by atoms with Gasteiger partial charge in [0.1, 0.15) is 0 Å². The van der Waals surface area contributed by atoms with Gasteiger partial charge >= 0.3 is 0 Å². The van der Waals surface area contributed by atoms with Gasteiger partial charge in [0.25, 0.3) is 11.6 Å². The molecule has 18 heavy (non-hydrogen) atoms. The summed E-state index contributed by atoms with van der Waals surface area (Å²) in [7, 11) is 0. The zero-order valence-corrected chi connectivity index (χ0v) is 9.48. The Morgan fingerprint density at radius 1 is 1.44 bits per heavy atom. The van der Waals surface area contributed by atoms with Gasteiger partial charge in [-0.1, -0.05) is 12.1 Å². The molecule has 1 aromatic carbocycles.